The number of amidine groups is 1. The standard InChI is InChI=1S/C23H29N3O.HI/c1-25-13-15-26(16-14-25)23(24)21-11-12-22(20-10-6-5-9-19(20)21)27-17-18-7-3-2-4-8-18;/h2-4,7-8,11-12,24H,5-6,9-10,13-17H2,1H3;1H. The van der Waals surface area contributed by atoms with Gasteiger partial charge in [-0.1, -0.05) is 30.3 Å². The molecule has 0 unspecified atom stereocenters. The largest absolute Gasteiger partial charge is 0.489 e. The first-order chi connectivity index (χ1) is 13.2. The summed E-state index contributed by atoms with van der Waals surface area (Å²) < 4.78 is 6.19. The molecule has 2 aliphatic rings. The second kappa shape index (κ2) is 9.74. The van der Waals surface area contributed by atoms with Gasteiger partial charge in [0.05, 0.1) is 0 Å². The molecule has 150 valence electrons. The van der Waals surface area contributed by atoms with Crippen LogP contribution < -0.4 is 4.74 Å². The van der Waals surface area contributed by atoms with Gasteiger partial charge in [0.1, 0.15) is 18.2 Å². The Balaban J connectivity index is 0.00000225. The molecular weight excluding hydrogens is 461 g/mol. The molecule has 2 aromatic carbocycles. The van der Waals surface area contributed by atoms with Crippen molar-refractivity contribution in [2.45, 2.75) is 32.3 Å². The summed E-state index contributed by atoms with van der Waals surface area (Å²) in [6, 6.07) is 14.5. The van der Waals surface area contributed by atoms with E-state index in [1.165, 1.54) is 29.5 Å². The van der Waals surface area contributed by atoms with Gasteiger partial charge < -0.3 is 14.5 Å². The van der Waals surface area contributed by atoms with E-state index in [0.29, 0.717) is 12.4 Å². The van der Waals surface area contributed by atoms with E-state index in [0.717, 1.165) is 50.3 Å². The number of likely N-dealkylation sites (N-methyl/N-ethyl adjacent to an activating group) is 1. The van der Waals surface area contributed by atoms with E-state index in [4.69, 9.17) is 10.1 Å². The molecule has 1 heterocycles. The monoisotopic (exact) mass is 491 g/mol. The summed E-state index contributed by atoms with van der Waals surface area (Å²) in [5, 5.41) is 8.80. The van der Waals surface area contributed by atoms with Gasteiger partial charge in [-0.3, -0.25) is 5.41 Å². The van der Waals surface area contributed by atoms with Crippen molar-refractivity contribution in [1.82, 2.24) is 9.80 Å². The molecule has 1 aliphatic heterocycles. The second-order valence-corrected chi connectivity index (χ2v) is 7.69. The molecule has 4 rings (SSSR count). The lowest BCUT2D eigenvalue weighted by atomic mass is 9.87. The SMILES string of the molecule is CN1CCN(C(=N)c2ccc(OCc3ccccc3)c3c2CCCC3)CC1.I. The molecule has 0 amide bonds. The van der Waals surface area contributed by atoms with Crippen molar-refractivity contribution in [3.05, 3.63) is 64.7 Å². The maximum absolute atomic E-state index is 8.80. The molecule has 1 saturated heterocycles. The van der Waals surface area contributed by atoms with Gasteiger partial charge in [-0.15, -0.1) is 24.0 Å². The molecule has 0 aromatic heterocycles. The zero-order valence-electron chi connectivity index (χ0n) is 16.6. The fraction of sp³-hybridized carbons (Fsp3) is 0.435. The van der Waals surface area contributed by atoms with Crippen LogP contribution in [0, 0.1) is 5.41 Å². The molecule has 4 nitrogen and oxygen atoms in total. The van der Waals surface area contributed by atoms with Crippen molar-refractivity contribution in [2.24, 2.45) is 0 Å². The Morgan fingerprint density at radius 3 is 2.32 bits per heavy atom. The van der Waals surface area contributed by atoms with E-state index in [1.54, 1.807) is 0 Å². The van der Waals surface area contributed by atoms with Crippen molar-refractivity contribution < 1.29 is 4.74 Å². The maximum Gasteiger partial charge on any atom is 0.128 e. The number of ether oxygens (including phenoxy) is 1. The number of hydrogen-bond donors (Lipinski definition) is 1. The Bertz CT molecular complexity index is 801. The van der Waals surface area contributed by atoms with Gasteiger partial charge >= 0.3 is 0 Å². The molecule has 1 N–H and O–H groups in total. The summed E-state index contributed by atoms with van der Waals surface area (Å²) in [6.07, 6.45) is 4.53. The Labute approximate surface area is 185 Å². The third kappa shape index (κ3) is 4.69. The molecule has 0 atom stereocenters. The van der Waals surface area contributed by atoms with Crippen molar-refractivity contribution in [2.75, 3.05) is 33.2 Å². The summed E-state index contributed by atoms with van der Waals surface area (Å²) in [4.78, 5) is 4.56. The van der Waals surface area contributed by atoms with Gasteiger partial charge in [0.15, 0.2) is 0 Å². The average molecular weight is 491 g/mol. The Kier molecular flexibility index (Phi) is 7.35. The highest BCUT2D eigenvalue weighted by atomic mass is 127. The first-order valence-electron chi connectivity index (χ1n) is 10.1. The molecule has 1 aliphatic carbocycles. The van der Waals surface area contributed by atoms with Gasteiger partial charge in [0, 0.05) is 31.7 Å². The normalized spacial score (nSPS) is 16.8. The van der Waals surface area contributed by atoms with Crippen LogP contribution in [0.15, 0.2) is 42.5 Å². The molecular formula is C23H30IN3O. The van der Waals surface area contributed by atoms with Gasteiger partial charge in [-0.25, -0.2) is 0 Å². The topological polar surface area (TPSA) is 39.6 Å². The van der Waals surface area contributed by atoms with Gasteiger partial charge in [-0.05, 0) is 61.6 Å². The number of piperazine rings is 1. The minimum absolute atomic E-state index is 0. The van der Waals surface area contributed by atoms with Crippen molar-refractivity contribution in [1.29, 1.82) is 5.41 Å². The van der Waals surface area contributed by atoms with Crippen LogP contribution in [0.5, 0.6) is 5.75 Å². The number of nitrogens with zero attached hydrogens (tertiary/aromatic N) is 2. The highest BCUT2D eigenvalue weighted by molar-refractivity contribution is 14.0. The zero-order valence-corrected chi connectivity index (χ0v) is 18.9. The number of fused-ring (bicyclic) bond motifs is 1. The smallest absolute Gasteiger partial charge is 0.128 e. The van der Waals surface area contributed by atoms with E-state index < -0.39 is 0 Å². The Morgan fingerprint density at radius 2 is 1.61 bits per heavy atom. The maximum atomic E-state index is 8.80. The van der Waals surface area contributed by atoms with Crippen molar-refractivity contribution >= 4 is 29.8 Å². The second-order valence-electron chi connectivity index (χ2n) is 7.69. The van der Waals surface area contributed by atoms with E-state index in [-0.39, 0.29) is 24.0 Å². The van der Waals surface area contributed by atoms with Crippen LogP contribution in [-0.4, -0.2) is 48.9 Å². The lowest BCUT2D eigenvalue weighted by Crippen LogP contribution is -2.47. The highest BCUT2D eigenvalue weighted by Gasteiger charge is 2.24. The number of benzene rings is 2. The van der Waals surface area contributed by atoms with Crippen LogP contribution in [-0.2, 0) is 19.4 Å². The van der Waals surface area contributed by atoms with Crippen LogP contribution in [0.3, 0.4) is 0 Å². The van der Waals surface area contributed by atoms with Crippen molar-refractivity contribution in [3.8, 4) is 5.75 Å². The Morgan fingerprint density at radius 1 is 0.929 bits per heavy atom. The van der Waals surface area contributed by atoms with Crippen LogP contribution in [0.1, 0.15) is 35.1 Å². The molecule has 5 heteroatoms. The third-order valence-corrected chi connectivity index (χ3v) is 5.80. The van der Waals surface area contributed by atoms with Gasteiger partial charge in [-0.2, -0.15) is 0 Å². The lowest BCUT2D eigenvalue weighted by molar-refractivity contribution is 0.215. The van der Waals surface area contributed by atoms with Crippen molar-refractivity contribution in [3.63, 3.8) is 0 Å². The van der Waals surface area contributed by atoms with Crippen LogP contribution in [0.2, 0.25) is 0 Å². The lowest BCUT2D eigenvalue weighted by Gasteiger charge is -2.35. The fourth-order valence-corrected chi connectivity index (χ4v) is 4.13. The molecule has 2 aromatic rings. The fourth-order valence-electron chi connectivity index (χ4n) is 4.13. The molecule has 28 heavy (non-hydrogen) atoms. The van der Waals surface area contributed by atoms with E-state index in [2.05, 4.69) is 53.2 Å². The van der Waals surface area contributed by atoms with Crippen LogP contribution in [0.25, 0.3) is 0 Å². The molecule has 0 spiro atoms. The molecule has 0 saturated carbocycles. The third-order valence-electron chi connectivity index (χ3n) is 5.80. The molecule has 1 fully saturated rings. The first-order valence-corrected chi connectivity index (χ1v) is 10.1. The first kappa shape index (κ1) is 21.1. The van der Waals surface area contributed by atoms with Crippen LogP contribution in [0.4, 0.5) is 0 Å². The van der Waals surface area contributed by atoms with E-state index in [9.17, 15) is 0 Å². The minimum atomic E-state index is 0. The summed E-state index contributed by atoms with van der Waals surface area (Å²) >= 11 is 0. The van der Waals surface area contributed by atoms with E-state index >= 15 is 0 Å². The number of nitrogens with one attached hydrogen (secondary N) is 1. The highest BCUT2D eigenvalue weighted by Crippen LogP contribution is 2.33. The quantitative estimate of drug-likeness (QED) is 0.393. The molecule has 0 bridgehead atoms. The van der Waals surface area contributed by atoms with Crippen LogP contribution >= 0.6 is 24.0 Å². The zero-order chi connectivity index (χ0) is 18.6. The Hall–Kier alpha value is -1.60. The van der Waals surface area contributed by atoms with Gasteiger partial charge in [0.2, 0.25) is 0 Å². The number of hydrogen-bond acceptors (Lipinski definition) is 3. The summed E-state index contributed by atoms with van der Waals surface area (Å²) in [6.45, 7) is 4.54. The number of halogens is 1. The summed E-state index contributed by atoms with van der Waals surface area (Å²) in [7, 11) is 2.15. The minimum Gasteiger partial charge on any atom is -0.489 e. The number of rotatable bonds is 4. The predicted molar refractivity (Wildman–Crippen MR) is 125 cm³/mol. The average Bonchev–Trinajstić information content (AvgIpc) is 2.73. The molecule has 0 radical (unpaired) electrons. The summed E-state index contributed by atoms with van der Waals surface area (Å²) in [5.74, 6) is 1.69. The van der Waals surface area contributed by atoms with Gasteiger partial charge in [0.25, 0.3) is 0 Å². The predicted octanol–water partition coefficient (Wildman–Crippen LogP) is 4.34. The van der Waals surface area contributed by atoms with E-state index in [1.807, 2.05) is 6.07 Å². The summed E-state index contributed by atoms with van der Waals surface area (Å²) in [5.41, 5.74) is 4.97.